The SMILES string of the molecule is C=CC1C2=CC[C@@H]3[C@@H](CC[C@]4(C)C(=O)CC[C@@H]34)[C@@]2(C)CCC1O. The van der Waals surface area contributed by atoms with Crippen molar-refractivity contribution in [1.82, 2.24) is 0 Å². The van der Waals surface area contributed by atoms with E-state index in [1.807, 2.05) is 6.08 Å². The van der Waals surface area contributed by atoms with Crippen LogP contribution in [0, 0.1) is 34.5 Å². The van der Waals surface area contributed by atoms with Crippen molar-refractivity contribution in [1.29, 1.82) is 0 Å². The normalized spacial score (nSPS) is 52.2. The second-order valence-corrected chi connectivity index (χ2v) is 8.97. The average Bonchev–Trinajstić information content (AvgIpc) is 2.83. The fraction of sp³-hybridized carbons (Fsp3) is 0.762. The van der Waals surface area contributed by atoms with Gasteiger partial charge >= 0.3 is 0 Å². The molecule has 0 aromatic heterocycles. The highest BCUT2D eigenvalue weighted by Gasteiger charge is 2.59. The first-order valence-electron chi connectivity index (χ1n) is 9.46. The first-order chi connectivity index (χ1) is 10.9. The Kier molecular flexibility index (Phi) is 3.43. The maximum atomic E-state index is 12.4. The smallest absolute Gasteiger partial charge is 0.139 e. The lowest BCUT2D eigenvalue weighted by molar-refractivity contribution is -0.132. The second-order valence-electron chi connectivity index (χ2n) is 8.97. The van der Waals surface area contributed by atoms with Crippen molar-refractivity contribution in [2.24, 2.45) is 34.5 Å². The van der Waals surface area contributed by atoms with Crippen LogP contribution in [0.2, 0.25) is 0 Å². The van der Waals surface area contributed by atoms with Crippen LogP contribution in [0.5, 0.6) is 0 Å². The van der Waals surface area contributed by atoms with Gasteiger partial charge < -0.3 is 5.11 Å². The van der Waals surface area contributed by atoms with Crippen molar-refractivity contribution in [3.05, 3.63) is 24.3 Å². The number of fused-ring (bicyclic) bond motifs is 5. The molecule has 0 aromatic carbocycles. The molecule has 0 amide bonds. The van der Waals surface area contributed by atoms with E-state index in [1.54, 1.807) is 0 Å². The van der Waals surface area contributed by atoms with Gasteiger partial charge in [0.1, 0.15) is 5.78 Å². The van der Waals surface area contributed by atoms with Gasteiger partial charge in [0.15, 0.2) is 0 Å². The Morgan fingerprint density at radius 2 is 1.87 bits per heavy atom. The van der Waals surface area contributed by atoms with E-state index in [0.29, 0.717) is 23.5 Å². The van der Waals surface area contributed by atoms with Crippen LogP contribution in [-0.2, 0) is 4.79 Å². The van der Waals surface area contributed by atoms with E-state index < -0.39 is 0 Å². The summed E-state index contributed by atoms with van der Waals surface area (Å²) in [6.45, 7) is 8.66. The Labute approximate surface area is 140 Å². The number of aliphatic hydroxyl groups excluding tert-OH is 1. The summed E-state index contributed by atoms with van der Waals surface area (Å²) in [6.07, 6.45) is 11.3. The molecule has 23 heavy (non-hydrogen) atoms. The molecule has 2 heteroatoms. The zero-order valence-electron chi connectivity index (χ0n) is 14.6. The van der Waals surface area contributed by atoms with Crippen molar-refractivity contribution in [2.45, 2.75) is 64.9 Å². The molecule has 4 aliphatic carbocycles. The molecule has 3 fully saturated rings. The van der Waals surface area contributed by atoms with E-state index >= 15 is 0 Å². The maximum Gasteiger partial charge on any atom is 0.139 e. The van der Waals surface area contributed by atoms with Gasteiger partial charge in [0.05, 0.1) is 6.10 Å². The molecule has 126 valence electrons. The quantitative estimate of drug-likeness (QED) is 0.733. The molecule has 3 saturated carbocycles. The predicted octanol–water partition coefficient (Wildman–Crippen LogP) is 4.29. The summed E-state index contributed by atoms with van der Waals surface area (Å²) < 4.78 is 0. The third kappa shape index (κ3) is 1.94. The van der Waals surface area contributed by atoms with Crippen LogP contribution in [0.15, 0.2) is 24.3 Å². The zero-order chi connectivity index (χ0) is 16.4. The third-order valence-electron chi connectivity index (χ3n) is 8.22. The van der Waals surface area contributed by atoms with Crippen LogP contribution in [0.4, 0.5) is 0 Å². The van der Waals surface area contributed by atoms with Crippen molar-refractivity contribution >= 4 is 5.78 Å². The molecule has 0 saturated heterocycles. The molecule has 7 atom stereocenters. The van der Waals surface area contributed by atoms with Crippen molar-refractivity contribution < 1.29 is 9.90 Å². The molecule has 2 unspecified atom stereocenters. The monoisotopic (exact) mass is 314 g/mol. The lowest BCUT2D eigenvalue weighted by Crippen LogP contribution is -2.52. The van der Waals surface area contributed by atoms with E-state index in [2.05, 4.69) is 26.5 Å². The molecule has 0 radical (unpaired) electrons. The Hall–Kier alpha value is -0.890. The van der Waals surface area contributed by atoms with Crippen LogP contribution < -0.4 is 0 Å². The van der Waals surface area contributed by atoms with Crippen LogP contribution in [-0.4, -0.2) is 17.0 Å². The van der Waals surface area contributed by atoms with Gasteiger partial charge in [-0.3, -0.25) is 4.79 Å². The first kappa shape index (κ1) is 15.6. The van der Waals surface area contributed by atoms with E-state index in [0.717, 1.165) is 38.5 Å². The Morgan fingerprint density at radius 1 is 1.17 bits per heavy atom. The third-order valence-corrected chi connectivity index (χ3v) is 8.22. The minimum absolute atomic E-state index is 0.0467. The number of carbonyl (C=O) groups is 1. The molecule has 2 nitrogen and oxygen atoms in total. The number of allylic oxidation sites excluding steroid dienone is 1. The number of hydrogen-bond donors (Lipinski definition) is 1. The molecule has 4 rings (SSSR count). The molecule has 0 bridgehead atoms. The number of rotatable bonds is 1. The number of hydrogen-bond acceptors (Lipinski definition) is 2. The largest absolute Gasteiger partial charge is 0.392 e. The van der Waals surface area contributed by atoms with Gasteiger partial charge in [-0.1, -0.05) is 31.6 Å². The fourth-order valence-electron chi connectivity index (χ4n) is 6.85. The molecule has 0 heterocycles. The lowest BCUT2D eigenvalue weighted by atomic mass is 9.47. The summed E-state index contributed by atoms with van der Waals surface area (Å²) in [5.74, 6) is 2.57. The molecule has 0 aromatic rings. The van der Waals surface area contributed by atoms with Crippen LogP contribution in [0.1, 0.15) is 58.8 Å². The van der Waals surface area contributed by atoms with Gasteiger partial charge in [-0.2, -0.15) is 0 Å². The van der Waals surface area contributed by atoms with Crippen molar-refractivity contribution in [2.75, 3.05) is 0 Å². The molecule has 1 N–H and O–H groups in total. The first-order valence-corrected chi connectivity index (χ1v) is 9.46. The van der Waals surface area contributed by atoms with Crippen LogP contribution in [0.25, 0.3) is 0 Å². The van der Waals surface area contributed by atoms with E-state index in [4.69, 9.17) is 0 Å². The lowest BCUT2D eigenvalue weighted by Gasteiger charge is -2.58. The fourth-order valence-corrected chi connectivity index (χ4v) is 6.85. The summed E-state index contributed by atoms with van der Waals surface area (Å²) in [6, 6.07) is 0. The van der Waals surface area contributed by atoms with E-state index in [9.17, 15) is 9.90 Å². The van der Waals surface area contributed by atoms with Gasteiger partial charge in [0.25, 0.3) is 0 Å². The number of carbonyl (C=O) groups excluding carboxylic acids is 1. The topological polar surface area (TPSA) is 37.3 Å². The minimum atomic E-state index is -0.259. The van der Waals surface area contributed by atoms with Gasteiger partial charge in [0.2, 0.25) is 0 Å². The predicted molar refractivity (Wildman–Crippen MR) is 91.8 cm³/mol. The summed E-state index contributed by atoms with van der Waals surface area (Å²) in [7, 11) is 0. The highest BCUT2D eigenvalue weighted by Crippen LogP contribution is 2.64. The van der Waals surface area contributed by atoms with Gasteiger partial charge in [-0.15, -0.1) is 6.58 Å². The Morgan fingerprint density at radius 3 is 2.61 bits per heavy atom. The van der Waals surface area contributed by atoms with Crippen LogP contribution >= 0.6 is 0 Å². The zero-order valence-corrected chi connectivity index (χ0v) is 14.6. The summed E-state index contributed by atoms with van der Waals surface area (Å²) >= 11 is 0. The molecule has 0 spiro atoms. The highest BCUT2D eigenvalue weighted by atomic mass is 16.3. The second kappa shape index (κ2) is 5.05. The molecular weight excluding hydrogens is 284 g/mol. The van der Waals surface area contributed by atoms with E-state index in [1.165, 1.54) is 12.0 Å². The molecule has 0 aliphatic heterocycles. The summed E-state index contributed by atoms with van der Waals surface area (Å²) in [5, 5.41) is 10.4. The highest BCUT2D eigenvalue weighted by molar-refractivity contribution is 5.87. The number of Topliss-reactive ketones (excluding diaryl/α,β-unsaturated/α-hetero) is 1. The molecule has 4 aliphatic rings. The Balaban J connectivity index is 1.72. The van der Waals surface area contributed by atoms with Gasteiger partial charge in [-0.05, 0) is 61.7 Å². The van der Waals surface area contributed by atoms with Crippen molar-refractivity contribution in [3.8, 4) is 0 Å². The minimum Gasteiger partial charge on any atom is -0.392 e. The number of aliphatic hydroxyl groups is 1. The Bertz CT molecular complexity index is 576. The standard InChI is InChI=1S/C21H30O2/c1-4-13-15-6-5-14-16-7-8-19(23)21(16,3)11-9-17(14)20(15,2)12-10-18(13)22/h4,6,13-14,16-18,22H,1,5,7-12H2,2-3H3/t13?,14-,16-,17+,18?,20-,21-/m0/s1. The summed E-state index contributed by atoms with van der Waals surface area (Å²) in [4.78, 5) is 12.4. The van der Waals surface area contributed by atoms with Crippen LogP contribution in [0.3, 0.4) is 0 Å². The average molecular weight is 314 g/mol. The van der Waals surface area contributed by atoms with Gasteiger partial charge in [-0.25, -0.2) is 0 Å². The maximum absolute atomic E-state index is 12.4. The van der Waals surface area contributed by atoms with Crippen molar-refractivity contribution in [3.63, 3.8) is 0 Å². The number of ketones is 1. The van der Waals surface area contributed by atoms with Gasteiger partial charge in [0, 0.05) is 17.8 Å². The van der Waals surface area contributed by atoms with E-state index in [-0.39, 0.29) is 22.9 Å². The summed E-state index contributed by atoms with van der Waals surface area (Å²) in [5.41, 5.74) is 1.60. The molecular formula is C21H30O2.